The van der Waals surface area contributed by atoms with Crippen molar-refractivity contribution in [2.75, 3.05) is 40.3 Å². The summed E-state index contributed by atoms with van der Waals surface area (Å²) in [5, 5.41) is 0. The number of rotatable bonds is 4. The molecule has 0 spiro atoms. The molecule has 0 aromatic heterocycles. The molecule has 0 amide bonds. The second kappa shape index (κ2) is 5.28. The highest BCUT2D eigenvalue weighted by molar-refractivity contribution is 4.81. The van der Waals surface area contributed by atoms with E-state index in [9.17, 15) is 0 Å². The maximum Gasteiger partial charge on any atom is 0.0226 e. The molecule has 0 aromatic carbocycles. The van der Waals surface area contributed by atoms with Gasteiger partial charge in [-0.25, -0.2) is 0 Å². The molecule has 3 nitrogen and oxygen atoms in total. The number of nitrogens with zero attached hydrogens (tertiary/aromatic N) is 2. The molecule has 1 aliphatic rings. The first-order chi connectivity index (χ1) is 6.87. The Labute approximate surface area is 94.6 Å². The van der Waals surface area contributed by atoms with Gasteiger partial charge in [0, 0.05) is 18.6 Å². The minimum Gasteiger partial charge on any atom is -0.324 e. The number of hydrogen-bond donors (Lipinski definition) is 1. The summed E-state index contributed by atoms with van der Waals surface area (Å²) in [5.41, 5.74) is 5.98. The highest BCUT2D eigenvalue weighted by Gasteiger charge is 2.23. The van der Waals surface area contributed by atoms with Gasteiger partial charge in [-0.2, -0.15) is 0 Å². The van der Waals surface area contributed by atoms with E-state index < -0.39 is 0 Å². The molecule has 0 saturated carbocycles. The molecule has 15 heavy (non-hydrogen) atoms. The Balaban J connectivity index is 2.24. The molecule has 0 radical (unpaired) electrons. The van der Waals surface area contributed by atoms with Crippen LogP contribution in [0.5, 0.6) is 0 Å². The normalized spacial score (nSPS) is 21.2. The third-order valence-electron chi connectivity index (χ3n) is 2.96. The van der Waals surface area contributed by atoms with Gasteiger partial charge >= 0.3 is 0 Å². The van der Waals surface area contributed by atoms with Crippen LogP contribution < -0.4 is 5.73 Å². The van der Waals surface area contributed by atoms with Crippen molar-refractivity contribution in [3.8, 4) is 0 Å². The Hall–Kier alpha value is -0.120. The van der Waals surface area contributed by atoms with Crippen molar-refractivity contribution >= 4 is 0 Å². The number of likely N-dealkylation sites (tertiary alicyclic amines) is 1. The molecule has 90 valence electrons. The number of piperidine rings is 1. The van der Waals surface area contributed by atoms with Gasteiger partial charge in [-0.3, -0.25) is 0 Å². The van der Waals surface area contributed by atoms with E-state index in [1.54, 1.807) is 0 Å². The van der Waals surface area contributed by atoms with Crippen LogP contribution in [0.3, 0.4) is 0 Å². The monoisotopic (exact) mass is 213 g/mol. The van der Waals surface area contributed by atoms with Gasteiger partial charge in [0.2, 0.25) is 0 Å². The van der Waals surface area contributed by atoms with E-state index in [0.717, 1.165) is 12.5 Å². The molecule has 0 atom stereocenters. The molecule has 0 aromatic rings. The van der Waals surface area contributed by atoms with Crippen molar-refractivity contribution in [3.63, 3.8) is 0 Å². The summed E-state index contributed by atoms with van der Waals surface area (Å²) in [7, 11) is 4.32. The zero-order chi connectivity index (χ0) is 11.5. The largest absolute Gasteiger partial charge is 0.324 e. The maximum absolute atomic E-state index is 6.03. The molecule has 0 bridgehead atoms. The zero-order valence-corrected chi connectivity index (χ0v) is 10.8. The molecule has 1 fully saturated rings. The Morgan fingerprint density at radius 2 is 1.80 bits per heavy atom. The van der Waals surface area contributed by atoms with E-state index >= 15 is 0 Å². The minimum atomic E-state index is -0.0472. The van der Waals surface area contributed by atoms with Crippen LogP contribution in [0.1, 0.15) is 26.7 Å². The summed E-state index contributed by atoms with van der Waals surface area (Å²) >= 11 is 0. The maximum atomic E-state index is 6.03. The van der Waals surface area contributed by atoms with E-state index in [1.165, 1.54) is 32.5 Å². The van der Waals surface area contributed by atoms with Crippen LogP contribution in [0, 0.1) is 5.92 Å². The van der Waals surface area contributed by atoms with Gasteiger partial charge in [0.05, 0.1) is 0 Å². The lowest BCUT2D eigenvalue weighted by atomic mass is 9.95. The van der Waals surface area contributed by atoms with Crippen LogP contribution in [0.2, 0.25) is 0 Å². The van der Waals surface area contributed by atoms with Gasteiger partial charge in [-0.1, -0.05) is 0 Å². The SMILES string of the molecule is CN(C)CC1CCN(CC(C)(C)N)CC1. The van der Waals surface area contributed by atoms with E-state index in [2.05, 4.69) is 37.7 Å². The second-order valence-electron chi connectivity index (χ2n) is 5.97. The summed E-state index contributed by atoms with van der Waals surface area (Å²) in [6.45, 7) is 8.93. The van der Waals surface area contributed by atoms with Gasteiger partial charge in [-0.05, 0) is 59.8 Å². The van der Waals surface area contributed by atoms with Gasteiger partial charge in [-0.15, -0.1) is 0 Å². The highest BCUT2D eigenvalue weighted by Crippen LogP contribution is 2.18. The lowest BCUT2D eigenvalue weighted by molar-refractivity contribution is 0.142. The molecular formula is C12H27N3. The lowest BCUT2D eigenvalue weighted by Crippen LogP contribution is -2.48. The third-order valence-corrected chi connectivity index (χ3v) is 2.96. The molecule has 0 unspecified atom stereocenters. The third kappa shape index (κ3) is 5.50. The molecule has 1 rings (SSSR count). The second-order valence-corrected chi connectivity index (χ2v) is 5.97. The van der Waals surface area contributed by atoms with Crippen LogP contribution in [0.25, 0.3) is 0 Å². The van der Waals surface area contributed by atoms with Crippen LogP contribution in [-0.2, 0) is 0 Å². The lowest BCUT2D eigenvalue weighted by Gasteiger charge is -2.36. The predicted octanol–water partition coefficient (Wildman–Crippen LogP) is 0.997. The predicted molar refractivity (Wildman–Crippen MR) is 66.0 cm³/mol. The topological polar surface area (TPSA) is 32.5 Å². The minimum absolute atomic E-state index is 0.0472. The summed E-state index contributed by atoms with van der Waals surface area (Å²) in [5.74, 6) is 0.886. The van der Waals surface area contributed by atoms with Crippen LogP contribution in [0.4, 0.5) is 0 Å². The molecule has 1 saturated heterocycles. The molecule has 1 aliphatic heterocycles. The van der Waals surface area contributed by atoms with Crippen molar-refractivity contribution in [1.82, 2.24) is 9.80 Å². The standard InChI is InChI=1S/C12H27N3/c1-12(2,13)10-15-7-5-11(6-8-15)9-14(3)4/h11H,5-10,13H2,1-4H3. The van der Waals surface area contributed by atoms with Crippen molar-refractivity contribution in [2.45, 2.75) is 32.2 Å². The van der Waals surface area contributed by atoms with E-state index in [1.807, 2.05) is 0 Å². The molecule has 2 N–H and O–H groups in total. The summed E-state index contributed by atoms with van der Waals surface area (Å²) in [4.78, 5) is 4.80. The van der Waals surface area contributed by atoms with Crippen LogP contribution in [-0.4, -0.2) is 55.6 Å². The first-order valence-corrected chi connectivity index (χ1v) is 6.03. The van der Waals surface area contributed by atoms with Gasteiger partial charge < -0.3 is 15.5 Å². The van der Waals surface area contributed by atoms with E-state index in [0.29, 0.717) is 0 Å². The Bertz CT molecular complexity index is 176. The van der Waals surface area contributed by atoms with Gasteiger partial charge in [0.25, 0.3) is 0 Å². The van der Waals surface area contributed by atoms with Crippen molar-refractivity contribution in [2.24, 2.45) is 11.7 Å². The molecular weight excluding hydrogens is 186 g/mol. The molecule has 1 heterocycles. The summed E-state index contributed by atoms with van der Waals surface area (Å²) in [6.07, 6.45) is 2.66. The Morgan fingerprint density at radius 1 is 1.27 bits per heavy atom. The molecule has 3 heteroatoms. The summed E-state index contributed by atoms with van der Waals surface area (Å²) < 4.78 is 0. The zero-order valence-electron chi connectivity index (χ0n) is 10.8. The first kappa shape index (κ1) is 12.9. The van der Waals surface area contributed by atoms with Gasteiger partial charge in [0.15, 0.2) is 0 Å². The first-order valence-electron chi connectivity index (χ1n) is 6.03. The fourth-order valence-electron chi connectivity index (χ4n) is 2.42. The van der Waals surface area contributed by atoms with Crippen molar-refractivity contribution < 1.29 is 0 Å². The average molecular weight is 213 g/mol. The van der Waals surface area contributed by atoms with Crippen molar-refractivity contribution in [3.05, 3.63) is 0 Å². The fraction of sp³-hybridized carbons (Fsp3) is 1.00. The van der Waals surface area contributed by atoms with Crippen LogP contribution in [0.15, 0.2) is 0 Å². The van der Waals surface area contributed by atoms with E-state index in [-0.39, 0.29) is 5.54 Å². The Morgan fingerprint density at radius 3 is 2.20 bits per heavy atom. The number of nitrogens with two attached hydrogens (primary N) is 1. The highest BCUT2D eigenvalue weighted by atomic mass is 15.2. The smallest absolute Gasteiger partial charge is 0.0226 e. The van der Waals surface area contributed by atoms with E-state index in [4.69, 9.17) is 5.73 Å². The summed E-state index contributed by atoms with van der Waals surface area (Å²) in [6, 6.07) is 0. The quantitative estimate of drug-likeness (QED) is 0.756. The number of hydrogen-bond acceptors (Lipinski definition) is 3. The van der Waals surface area contributed by atoms with Crippen molar-refractivity contribution in [1.29, 1.82) is 0 Å². The average Bonchev–Trinajstić information content (AvgIpc) is 2.05. The fourth-order valence-corrected chi connectivity index (χ4v) is 2.42. The molecule has 0 aliphatic carbocycles. The van der Waals surface area contributed by atoms with Gasteiger partial charge in [0.1, 0.15) is 0 Å². The Kier molecular flexibility index (Phi) is 4.56. The van der Waals surface area contributed by atoms with Crippen LogP contribution >= 0.6 is 0 Å².